The first-order valence-electron chi connectivity index (χ1n) is 9.65. The van der Waals surface area contributed by atoms with Gasteiger partial charge in [0.25, 0.3) is 0 Å². The largest absolute Gasteiger partial charge is 0.550 e. The van der Waals surface area contributed by atoms with Crippen LogP contribution in [0.1, 0.15) is 51.4 Å². The Morgan fingerprint density at radius 1 is 1.24 bits per heavy atom. The first-order valence-corrected chi connectivity index (χ1v) is 9.65. The lowest BCUT2D eigenvalue weighted by molar-refractivity contribution is -0.313. The lowest BCUT2D eigenvalue weighted by Crippen LogP contribution is -2.63. The molecule has 4 aliphatic rings. The van der Waals surface area contributed by atoms with Crippen molar-refractivity contribution in [3.05, 3.63) is 11.6 Å². The zero-order valence-corrected chi connectivity index (χ0v) is 14.5. The fourth-order valence-electron chi connectivity index (χ4n) is 5.22. The van der Waals surface area contributed by atoms with Crippen LogP contribution in [0.15, 0.2) is 11.6 Å². The normalized spacial score (nSPS) is 43.0. The number of alkyl halides is 1. The van der Waals surface area contributed by atoms with E-state index in [9.17, 15) is 19.1 Å². The predicted octanol–water partition coefficient (Wildman–Crippen LogP) is 1.14. The molecule has 4 fully saturated rings. The Morgan fingerprint density at radius 3 is 2.84 bits per heavy atom. The number of nitrogens with zero attached hydrogens (tertiary/aromatic N) is 1. The second kappa shape index (κ2) is 6.71. The smallest absolute Gasteiger partial charge is 0.228 e. The topological polar surface area (TPSA) is 72.5 Å². The number of amides is 1. The molecule has 6 unspecified atom stereocenters. The van der Waals surface area contributed by atoms with E-state index >= 15 is 0 Å². The van der Waals surface area contributed by atoms with Crippen molar-refractivity contribution in [3.63, 3.8) is 0 Å². The van der Waals surface area contributed by atoms with Crippen LogP contribution in [-0.2, 0) is 9.59 Å². The molecule has 0 aromatic heterocycles. The van der Waals surface area contributed by atoms with Crippen molar-refractivity contribution < 1.29 is 19.1 Å². The van der Waals surface area contributed by atoms with E-state index in [1.165, 1.54) is 5.57 Å². The van der Waals surface area contributed by atoms with Gasteiger partial charge >= 0.3 is 0 Å². The Balaban J connectivity index is 1.50. The summed E-state index contributed by atoms with van der Waals surface area (Å²) in [7, 11) is 0. The molecule has 0 aromatic rings. The van der Waals surface area contributed by atoms with E-state index in [2.05, 4.69) is 11.4 Å². The number of nitrogens with one attached hydrogen (secondary N) is 1. The van der Waals surface area contributed by atoms with Gasteiger partial charge in [-0.05, 0) is 62.9 Å². The van der Waals surface area contributed by atoms with Crippen molar-refractivity contribution in [1.29, 1.82) is 0 Å². The summed E-state index contributed by atoms with van der Waals surface area (Å²) in [5, 5.41) is 14.8. The van der Waals surface area contributed by atoms with Crippen LogP contribution in [0.5, 0.6) is 0 Å². The molecule has 1 N–H and O–H groups in total. The van der Waals surface area contributed by atoms with Crippen molar-refractivity contribution in [1.82, 2.24) is 10.2 Å². The zero-order valence-electron chi connectivity index (χ0n) is 14.5. The number of halogens is 1. The SMILES string of the molecule is O=C([O-])C1CCC2C(=O)N3CC/C(=C\C4CCCC(F)C4)C3NC2C1. The molecular weight excluding hydrogens is 323 g/mol. The molecule has 2 heterocycles. The highest BCUT2D eigenvalue weighted by molar-refractivity contribution is 5.82. The van der Waals surface area contributed by atoms with Gasteiger partial charge in [-0.2, -0.15) is 0 Å². The molecule has 4 rings (SSSR count). The third kappa shape index (κ3) is 3.21. The number of allylic oxidation sites excluding steroid dienone is 1. The van der Waals surface area contributed by atoms with Gasteiger partial charge in [0, 0.05) is 24.5 Å². The summed E-state index contributed by atoms with van der Waals surface area (Å²) in [5.41, 5.74) is 1.18. The van der Waals surface area contributed by atoms with E-state index in [0.29, 0.717) is 38.6 Å². The van der Waals surface area contributed by atoms with E-state index in [1.54, 1.807) is 0 Å². The third-order valence-electron chi connectivity index (χ3n) is 6.56. The maximum Gasteiger partial charge on any atom is 0.228 e. The first-order chi connectivity index (χ1) is 12.0. The predicted molar refractivity (Wildman–Crippen MR) is 87.8 cm³/mol. The van der Waals surface area contributed by atoms with Gasteiger partial charge in [0.2, 0.25) is 5.91 Å². The Bertz CT molecular complexity index is 593. The van der Waals surface area contributed by atoms with Gasteiger partial charge in [-0.3, -0.25) is 10.1 Å². The molecule has 0 bridgehead atoms. The number of hydrogen-bond acceptors (Lipinski definition) is 4. The number of fused-ring (bicyclic) bond motifs is 2. The summed E-state index contributed by atoms with van der Waals surface area (Å²) in [6.45, 7) is 0.710. The molecule has 2 saturated carbocycles. The van der Waals surface area contributed by atoms with Crippen LogP contribution in [0.4, 0.5) is 4.39 Å². The molecule has 6 atom stereocenters. The molecule has 2 aliphatic carbocycles. The molecule has 5 nitrogen and oxygen atoms in total. The number of carboxylic acid groups (broad SMARTS) is 1. The number of aliphatic carboxylic acids is 1. The summed E-state index contributed by atoms with van der Waals surface area (Å²) >= 11 is 0. The number of rotatable bonds is 2. The van der Waals surface area contributed by atoms with Crippen LogP contribution in [0, 0.1) is 17.8 Å². The minimum Gasteiger partial charge on any atom is -0.550 e. The molecule has 2 aliphatic heterocycles. The molecule has 25 heavy (non-hydrogen) atoms. The van der Waals surface area contributed by atoms with Crippen LogP contribution < -0.4 is 10.4 Å². The summed E-state index contributed by atoms with van der Waals surface area (Å²) < 4.78 is 13.7. The highest BCUT2D eigenvalue weighted by Crippen LogP contribution is 2.38. The molecule has 138 valence electrons. The van der Waals surface area contributed by atoms with Gasteiger partial charge < -0.3 is 14.8 Å². The summed E-state index contributed by atoms with van der Waals surface area (Å²) in [4.78, 5) is 26.0. The molecule has 0 aromatic carbocycles. The van der Waals surface area contributed by atoms with Gasteiger partial charge in [0.15, 0.2) is 0 Å². The van der Waals surface area contributed by atoms with Gasteiger partial charge in [0.1, 0.15) is 12.3 Å². The fraction of sp³-hybridized carbons (Fsp3) is 0.789. The van der Waals surface area contributed by atoms with Crippen molar-refractivity contribution in [2.24, 2.45) is 17.8 Å². The summed E-state index contributed by atoms with van der Waals surface area (Å²) in [6.07, 6.45) is 6.99. The Hall–Kier alpha value is -1.43. The fourth-order valence-corrected chi connectivity index (χ4v) is 5.22. The van der Waals surface area contributed by atoms with Crippen LogP contribution in [0.3, 0.4) is 0 Å². The van der Waals surface area contributed by atoms with Crippen LogP contribution in [0.25, 0.3) is 0 Å². The second-order valence-corrected chi connectivity index (χ2v) is 8.16. The van der Waals surface area contributed by atoms with Crippen molar-refractivity contribution >= 4 is 11.9 Å². The lowest BCUT2D eigenvalue weighted by Gasteiger charge is -2.46. The number of hydrogen-bond donors (Lipinski definition) is 1. The van der Waals surface area contributed by atoms with Crippen LogP contribution >= 0.6 is 0 Å². The lowest BCUT2D eigenvalue weighted by atomic mass is 9.76. The highest BCUT2D eigenvalue weighted by atomic mass is 19.1. The van der Waals surface area contributed by atoms with Gasteiger partial charge in [-0.25, -0.2) is 4.39 Å². The average Bonchev–Trinajstić information content (AvgIpc) is 2.97. The van der Waals surface area contributed by atoms with E-state index < -0.39 is 18.1 Å². The quantitative estimate of drug-likeness (QED) is 0.759. The average molecular weight is 349 g/mol. The van der Waals surface area contributed by atoms with Gasteiger partial charge in [-0.1, -0.05) is 6.08 Å². The molecule has 2 saturated heterocycles. The molecule has 1 amide bonds. The number of carboxylic acids is 1. The number of carbonyl (C=O) groups is 2. The standard InChI is InChI=1S/C19H27FN2O3/c20-14-3-1-2-11(9-14)8-12-6-7-22-17(12)21-16-10-13(19(24)25)4-5-15(16)18(22)23/h8,11,13-17,21H,1-7,9-10H2,(H,24,25)/p-1/b12-8+. The van der Waals surface area contributed by atoms with Crippen LogP contribution in [0.2, 0.25) is 0 Å². The minimum absolute atomic E-state index is 0.0906. The van der Waals surface area contributed by atoms with Gasteiger partial charge in [-0.15, -0.1) is 0 Å². The molecular formula is C19H26FN2O3-. The Morgan fingerprint density at radius 2 is 2.08 bits per heavy atom. The number of carbonyl (C=O) groups excluding carboxylic acids is 2. The highest BCUT2D eigenvalue weighted by Gasteiger charge is 2.47. The molecule has 0 radical (unpaired) electrons. The molecule has 0 spiro atoms. The van der Waals surface area contributed by atoms with Crippen molar-refractivity contribution in [2.75, 3.05) is 6.54 Å². The van der Waals surface area contributed by atoms with Crippen LogP contribution in [-0.4, -0.2) is 41.7 Å². The van der Waals surface area contributed by atoms with E-state index in [1.807, 2.05) is 4.90 Å². The van der Waals surface area contributed by atoms with Crippen molar-refractivity contribution in [2.45, 2.75) is 69.7 Å². The maximum atomic E-state index is 13.7. The second-order valence-electron chi connectivity index (χ2n) is 8.16. The molecule has 6 heteroatoms. The zero-order chi connectivity index (χ0) is 17.6. The first kappa shape index (κ1) is 17.0. The maximum absolute atomic E-state index is 13.7. The van der Waals surface area contributed by atoms with E-state index in [4.69, 9.17) is 0 Å². The minimum atomic E-state index is -1.01. The van der Waals surface area contributed by atoms with E-state index in [-0.39, 0.29) is 30.0 Å². The Kier molecular flexibility index (Phi) is 4.56. The summed E-state index contributed by atoms with van der Waals surface area (Å²) in [6, 6.07) is -0.0906. The van der Waals surface area contributed by atoms with Gasteiger partial charge in [0.05, 0.1) is 5.92 Å². The van der Waals surface area contributed by atoms with Crippen molar-refractivity contribution in [3.8, 4) is 0 Å². The monoisotopic (exact) mass is 349 g/mol. The third-order valence-corrected chi connectivity index (χ3v) is 6.56. The summed E-state index contributed by atoms with van der Waals surface area (Å²) in [5.74, 6) is -1.17. The Labute approximate surface area is 147 Å². The van der Waals surface area contributed by atoms with E-state index in [0.717, 1.165) is 19.3 Å².